The van der Waals surface area contributed by atoms with Crippen molar-refractivity contribution in [3.8, 4) is 0 Å². The Morgan fingerprint density at radius 3 is 2.62 bits per heavy atom. The number of halogens is 2. The summed E-state index contributed by atoms with van der Waals surface area (Å²) in [6, 6.07) is 7.02. The van der Waals surface area contributed by atoms with Crippen LogP contribution in [0.1, 0.15) is 25.6 Å². The number of carbonyl (C=O) groups excluding carboxylic acids is 1. The summed E-state index contributed by atoms with van der Waals surface area (Å²) >= 11 is 0. The molecule has 0 fully saturated rings. The molecule has 6 heteroatoms. The minimum atomic E-state index is -0.511. The number of amides is 1. The van der Waals surface area contributed by atoms with Crippen LogP contribution in [-0.4, -0.2) is 10.9 Å². The first-order valence-corrected chi connectivity index (χ1v) is 6.41. The van der Waals surface area contributed by atoms with E-state index in [-0.39, 0.29) is 17.6 Å². The highest BCUT2D eigenvalue weighted by Gasteiger charge is 2.10. The number of aromatic nitrogens is 1. The van der Waals surface area contributed by atoms with Gasteiger partial charge in [0.2, 0.25) is 5.91 Å². The van der Waals surface area contributed by atoms with Crippen molar-refractivity contribution in [3.63, 3.8) is 0 Å². The monoisotopic (exact) mass is 291 g/mol. The highest BCUT2D eigenvalue weighted by atomic mass is 19.1. The molecule has 1 amide bonds. The molecule has 1 aromatic heterocycles. The Labute approximate surface area is 121 Å². The molecule has 4 nitrogen and oxygen atoms in total. The maximum atomic E-state index is 13.5. The Kier molecular flexibility index (Phi) is 4.47. The quantitative estimate of drug-likeness (QED) is 0.906. The van der Waals surface area contributed by atoms with Crippen LogP contribution in [0.4, 0.5) is 20.2 Å². The molecule has 1 aromatic carbocycles. The van der Waals surface area contributed by atoms with Gasteiger partial charge in [-0.05, 0) is 37.3 Å². The van der Waals surface area contributed by atoms with Gasteiger partial charge in [0, 0.05) is 12.6 Å². The molecule has 0 saturated heterocycles. The normalized spacial score (nSPS) is 11.8. The minimum Gasteiger partial charge on any atom is -0.377 e. The maximum Gasteiger partial charge on any atom is 0.221 e. The zero-order valence-corrected chi connectivity index (χ0v) is 11.7. The van der Waals surface area contributed by atoms with Gasteiger partial charge in [-0.15, -0.1) is 0 Å². The second-order valence-electron chi connectivity index (χ2n) is 4.64. The van der Waals surface area contributed by atoms with Crippen molar-refractivity contribution in [2.45, 2.75) is 19.9 Å². The van der Waals surface area contributed by atoms with Crippen molar-refractivity contribution < 1.29 is 13.6 Å². The summed E-state index contributed by atoms with van der Waals surface area (Å²) in [5.41, 5.74) is 1.38. The van der Waals surface area contributed by atoms with Crippen molar-refractivity contribution in [3.05, 3.63) is 53.9 Å². The highest BCUT2D eigenvalue weighted by Crippen LogP contribution is 2.23. The van der Waals surface area contributed by atoms with E-state index >= 15 is 0 Å². The van der Waals surface area contributed by atoms with Gasteiger partial charge in [0.15, 0.2) is 0 Å². The molecule has 0 aliphatic heterocycles. The topological polar surface area (TPSA) is 54.0 Å². The third kappa shape index (κ3) is 3.98. The molecule has 0 aliphatic carbocycles. The molecule has 0 aliphatic rings. The third-order valence-corrected chi connectivity index (χ3v) is 2.85. The summed E-state index contributed by atoms with van der Waals surface area (Å²) in [4.78, 5) is 15.0. The molecule has 2 rings (SSSR count). The van der Waals surface area contributed by atoms with Gasteiger partial charge in [0.05, 0.1) is 23.6 Å². The lowest BCUT2D eigenvalue weighted by atomic mass is 10.2. The fraction of sp³-hybridized carbons (Fsp3) is 0.200. The molecule has 0 radical (unpaired) electrons. The molecule has 0 saturated carbocycles. The first-order valence-electron chi connectivity index (χ1n) is 6.41. The maximum absolute atomic E-state index is 13.5. The van der Waals surface area contributed by atoms with E-state index in [1.807, 2.05) is 6.92 Å². The van der Waals surface area contributed by atoms with Crippen molar-refractivity contribution in [2.24, 2.45) is 0 Å². The number of anilines is 2. The molecule has 1 heterocycles. The SMILES string of the molecule is CC(=O)Nc1cc(NC(C)c2ccc(F)cn2)ccc1F. The molecule has 0 bridgehead atoms. The Hall–Kier alpha value is -2.50. The minimum absolute atomic E-state index is 0.103. The van der Waals surface area contributed by atoms with E-state index in [4.69, 9.17) is 0 Å². The smallest absolute Gasteiger partial charge is 0.221 e. The number of hydrogen-bond acceptors (Lipinski definition) is 3. The van der Waals surface area contributed by atoms with Crippen molar-refractivity contribution in [1.29, 1.82) is 0 Å². The van der Waals surface area contributed by atoms with Crippen LogP contribution in [0.25, 0.3) is 0 Å². The zero-order valence-electron chi connectivity index (χ0n) is 11.7. The predicted octanol–water partition coefficient (Wildman–Crippen LogP) is 3.49. The van der Waals surface area contributed by atoms with Crippen LogP contribution in [0, 0.1) is 11.6 Å². The molecule has 1 unspecified atom stereocenters. The first-order chi connectivity index (χ1) is 9.95. The summed E-state index contributed by atoms with van der Waals surface area (Å²) in [6.45, 7) is 3.16. The molecule has 2 aromatic rings. The van der Waals surface area contributed by atoms with E-state index in [1.165, 1.54) is 25.1 Å². The Morgan fingerprint density at radius 2 is 2.00 bits per heavy atom. The Morgan fingerprint density at radius 1 is 1.24 bits per heavy atom. The van der Waals surface area contributed by atoms with Gasteiger partial charge < -0.3 is 10.6 Å². The zero-order chi connectivity index (χ0) is 15.4. The van der Waals surface area contributed by atoms with Crippen molar-refractivity contribution >= 4 is 17.3 Å². The summed E-state index contributed by atoms with van der Waals surface area (Å²) < 4.78 is 26.4. The van der Waals surface area contributed by atoms with Crippen molar-refractivity contribution in [1.82, 2.24) is 4.98 Å². The van der Waals surface area contributed by atoms with E-state index < -0.39 is 11.6 Å². The van der Waals surface area contributed by atoms with Crippen LogP contribution in [0.5, 0.6) is 0 Å². The van der Waals surface area contributed by atoms with E-state index in [0.29, 0.717) is 11.4 Å². The largest absolute Gasteiger partial charge is 0.377 e. The average Bonchev–Trinajstić information content (AvgIpc) is 2.42. The van der Waals surface area contributed by atoms with Gasteiger partial charge in [0.1, 0.15) is 11.6 Å². The number of benzene rings is 1. The van der Waals surface area contributed by atoms with E-state index in [2.05, 4.69) is 15.6 Å². The number of carbonyl (C=O) groups is 1. The molecule has 110 valence electrons. The van der Waals surface area contributed by atoms with E-state index in [0.717, 1.165) is 6.20 Å². The number of nitrogens with zero attached hydrogens (tertiary/aromatic N) is 1. The Bertz CT molecular complexity index is 644. The standard InChI is InChI=1S/C15H15F2N3O/c1-9(14-6-3-11(16)8-18-14)19-12-4-5-13(17)15(7-12)20-10(2)21/h3-9,19H,1-2H3,(H,20,21). The Balaban J connectivity index is 2.15. The number of nitrogens with one attached hydrogen (secondary N) is 2. The van der Waals surface area contributed by atoms with Gasteiger partial charge in [-0.25, -0.2) is 8.78 Å². The number of rotatable bonds is 4. The lowest BCUT2D eigenvalue weighted by Crippen LogP contribution is -2.11. The summed E-state index contributed by atoms with van der Waals surface area (Å²) in [5, 5.41) is 5.53. The van der Waals surface area contributed by atoms with Gasteiger partial charge in [0.25, 0.3) is 0 Å². The van der Waals surface area contributed by atoms with Crippen LogP contribution < -0.4 is 10.6 Å². The second-order valence-corrected chi connectivity index (χ2v) is 4.64. The summed E-state index contributed by atoms with van der Waals surface area (Å²) in [7, 11) is 0. The van der Waals surface area contributed by atoms with Gasteiger partial charge >= 0.3 is 0 Å². The van der Waals surface area contributed by atoms with Crippen LogP contribution >= 0.6 is 0 Å². The predicted molar refractivity (Wildman–Crippen MR) is 76.9 cm³/mol. The lowest BCUT2D eigenvalue weighted by Gasteiger charge is -2.16. The molecular formula is C15H15F2N3O. The van der Waals surface area contributed by atoms with Crippen LogP contribution in [-0.2, 0) is 4.79 Å². The van der Waals surface area contributed by atoms with E-state index in [1.54, 1.807) is 12.1 Å². The van der Waals surface area contributed by atoms with Gasteiger partial charge in [-0.1, -0.05) is 0 Å². The fourth-order valence-electron chi connectivity index (χ4n) is 1.87. The highest BCUT2D eigenvalue weighted by molar-refractivity contribution is 5.89. The molecule has 21 heavy (non-hydrogen) atoms. The number of pyridine rings is 1. The molecule has 2 N–H and O–H groups in total. The third-order valence-electron chi connectivity index (χ3n) is 2.85. The van der Waals surface area contributed by atoms with Gasteiger partial charge in [-0.2, -0.15) is 0 Å². The van der Waals surface area contributed by atoms with Crippen LogP contribution in [0.15, 0.2) is 36.5 Å². The van der Waals surface area contributed by atoms with E-state index in [9.17, 15) is 13.6 Å². The second kappa shape index (κ2) is 6.30. The van der Waals surface area contributed by atoms with Crippen molar-refractivity contribution in [2.75, 3.05) is 10.6 Å². The summed E-state index contributed by atoms with van der Waals surface area (Å²) in [5.74, 6) is -1.26. The fourth-order valence-corrected chi connectivity index (χ4v) is 1.87. The first kappa shape index (κ1) is 14.9. The lowest BCUT2D eigenvalue weighted by molar-refractivity contribution is -0.114. The molecule has 0 spiro atoms. The molecule has 1 atom stereocenters. The van der Waals surface area contributed by atoms with Crippen LogP contribution in [0.2, 0.25) is 0 Å². The number of hydrogen-bond donors (Lipinski definition) is 2. The molecular weight excluding hydrogens is 276 g/mol. The average molecular weight is 291 g/mol. The summed E-state index contributed by atoms with van der Waals surface area (Å²) in [6.07, 6.45) is 1.14. The van der Waals surface area contributed by atoms with Gasteiger partial charge in [-0.3, -0.25) is 9.78 Å². The van der Waals surface area contributed by atoms with Crippen LogP contribution in [0.3, 0.4) is 0 Å².